The number of hydrogen-bond donors (Lipinski definition) is 0. The van der Waals surface area contributed by atoms with Crippen LogP contribution in [-0.4, -0.2) is 14.5 Å². The van der Waals surface area contributed by atoms with Gasteiger partial charge in [-0.1, -0.05) is 6.92 Å². The van der Waals surface area contributed by atoms with Gasteiger partial charge in [0.15, 0.2) is 0 Å². The smallest absolute Gasteiger partial charge is 0.267 e. The molecule has 4 nitrogen and oxygen atoms in total. The predicted octanol–water partition coefficient (Wildman–Crippen LogP) is 3.63. The van der Waals surface area contributed by atoms with Crippen molar-refractivity contribution in [2.45, 2.75) is 19.8 Å². The van der Waals surface area contributed by atoms with Crippen LogP contribution in [0.25, 0.3) is 16.6 Å². The van der Waals surface area contributed by atoms with Crippen molar-refractivity contribution in [1.82, 2.24) is 14.5 Å². The van der Waals surface area contributed by atoms with Crippen molar-refractivity contribution in [1.29, 1.82) is 0 Å². The number of pyridine rings is 1. The lowest BCUT2D eigenvalue weighted by molar-refractivity contribution is 0.633. The Morgan fingerprint density at radius 1 is 1.32 bits per heavy atom. The quantitative estimate of drug-likeness (QED) is 0.715. The lowest BCUT2D eigenvalue weighted by atomic mass is 10.2. The van der Waals surface area contributed by atoms with Gasteiger partial charge in [0, 0.05) is 17.1 Å². The number of benzene rings is 1. The summed E-state index contributed by atoms with van der Waals surface area (Å²) in [5.74, 6) is 0.0380. The van der Waals surface area contributed by atoms with Gasteiger partial charge < -0.3 is 0 Å². The molecule has 0 N–H and O–H groups in total. The average Bonchev–Trinajstić information content (AvgIpc) is 2.52. The van der Waals surface area contributed by atoms with Gasteiger partial charge in [-0.2, -0.15) is 0 Å². The summed E-state index contributed by atoms with van der Waals surface area (Å²) >= 11 is 3.32. The predicted molar refractivity (Wildman–Crippen MR) is 86.8 cm³/mol. The number of aromatic nitrogens is 3. The number of aryl methyl sites for hydroxylation is 1. The number of hydrogen-bond acceptors (Lipinski definition) is 3. The first-order valence-electron chi connectivity index (χ1n) is 6.93. The highest BCUT2D eigenvalue weighted by Crippen LogP contribution is 2.23. The van der Waals surface area contributed by atoms with Gasteiger partial charge in [0.1, 0.15) is 17.2 Å². The molecule has 0 aliphatic heterocycles. The second-order valence-electron chi connectivity index (χ2n) is 4.88. The Hall–Kier alpha value is -2.08. The van der Waals surface area contributed by atoms with Crippen molar-refractivity contribution in [2.24, 2.45) is 0 Å². The first-order chi connectivity index (χ1) is 10.6. The van der Waals surface area contributed by atoms with Gasteiger partial charge in [0.05, 0.1) is 17.3 Å². The Kier molecular flexibility index (Phi) is 4.02. The maximum absolute atomic E-state index is 14.1. The Morgan fingerprint density at radius 3 is 2.82 bits per heavy atom. The lowest BCUT2D eigenvalue weighted by Gasteiger charge is -2.13. The van der Waals surface area contributed by atoms with Crippen LogP contribution >= 0.6 is 15.9 Å². The molecule has 0 amide bonds. The SMILES string of the molecule is CCCc1nc2c(F)ccc(Br)c2c(=O)n1-c1cccnc1. The van der Waals surface area contributed by atoms with E-state index < -0.39 is 5.82 Å². The highest BCUT2D eigenvalue weighted by atomic mass is 79.9. The third-order valence-electron chi connectivity index (χ3n) is 3.37. The number of rotatable bonds is 3. The second-order valence-corrected chi connectivity index (χ2v) is 5.74. The standard InChI is InChI=1S/C16H13BrFN3O/c1-2-4-13-20-15-12(18)7-6-11(17)14(15)16(22)21(13)10-5-3-8-19-9-10/h3,5-9H,2,4H2,1H3. The maximum Gasteiger partial charge on any atom is 0.267 e. The van der Waals surface area contributed by atoms with Crippen molar-refractivity contribution < 1.29 is 4.39 Å². The summed E-state index contributed by atoms with van der Waals surface area (Å²) in [4.78, 5) is 21.3. The van der Waals surface area contributed by atoms with E-state index in [4.69, 9.17) is 0 Å². The molecule has 3 aromatic rings. The Morgan fingerprint density at radius 2 is 2.14 bits per heavy atom. The van der Waals surface area contributed by atoms with Gasteiger partial charge >= 0.3 is 0 Å². The van der Waals surface area contributed by atoms with Crippen LogP contribution in [0.1, 0.15) is 19.2 Å². The zero-order valence-corrected chi connectivity index (χ0v) is 13.5. The molecule has 0 bridgehead atoms. The minimum atomic E-state index is -0.494. The fraction of sp³-hybridized carbons (Fsp3) is 0.188. The fourth-order valence-electron chi connectivity index (χ4n) is 2.41. The van der Waals surface area contributed by atoms with E-state index in [1.807, 2.05) is 6.92 Å². The normalized spacial score (nSPS) is 11.0. The summed E-state index contributed by atoms with van der Waals surface area (Å²) in [6.07, 6.45) is 4.61. The lowest BCUT2D eigenvalue weighted by Crippen LogP contribution is -2.24. The van der Waals surface area contributed by atoms with Gasteiger partial charge in [-0.25, -0.2) is 9.37 Å². The molecule has 0 saturated heterocycles. The number of halogens is 2. The second kappa shape index (κ2) is 5.96. The molecule has 112 valence electrons. The molecule has 0 radical (unpaired) electrons. The number of fused-ring (bicyclic) bond motifs is 1. The van der Waals surface area contributed by atoms with Crippen LogP contribution in [-0.2, 0) is 6.42 Å². The fourth-order valence-corrected chi connectivity index (χ4v) is 2.90. The van der Waals surface area contributed by atoms with Crippen molar-refractivity contribution in [3.05, 3.63) is 63.1 Å². The zero-order chi connectivity index (χ0) is 15.7. The summed E-state index contributed by atoms with van der Waals surface area (Å²) in [6, 6.07) is 6.37. The molecule has 0 aliphatic carbocycles. The van der Waals surface area contributed by atoms with Crippen molar-refractivity contribution in [2.75, 3.05) is 0 Å². The van der Waals surface area contributed by atoms with Gasteiger partial charge in [-0.3, -0.25) is 14.3 Å². The van der Waals surface area contributed by atoms with Crippen LogP contribution in [0.15, 0.2) is 45.9 Å². The topological polar surface area (TPSA) is 47.8 Å². The largest absolute Gasteiger partial charge is 0.268 e. The maximum atomic E-state index is 14.1. The summed E-state index contributed by atoms with van der Waals surface area (Å²) in [5, 5.41) is 0.240. The van der Waals surface area contributed by atoms with E-state index in [9.17, 15) is 9.18 Å². The van der Waals surface area contributed by atoms with E-state index in [2.05, 4.69) is 25.9 Å². The molecule has 0 aliphatic rings. The molecule has 2 heterocycles. The Labute approximate surface area is 134 Å². The van der Waals surface area contributed by atoms with E-state index in [1.165, 1.54) is 16.7 Å². The summed E-state index contributed by atoms with van der Waals surface area (Å²) in [6.45, 7) is 1.99. The molecule has 0 unspecified atom stereocenters. The molecule has 3 rings (SSSR count). The van der Waals surface area contributed by atoms with Crippen molar-refractivity contribution >= 4 is 26.8 Å². The van der Waals surface area contributed by atoms with E-state index in [-0.39, 0.29) is 16.5 Å². The summed E-state index contributed by atoms with van der Waals surface area (Å²) < 4.78 is 16.1. The van der Waals surface area contributed by atoms with E-state index in [1.54, 1.807) is 24.5 Å². The first kappa shape index (κ1) is 14.8. The molecular weight excluding hydrogens is 349 g/mol. The van der Waals surface area contributed by atoms with E-state index in [0.29, 0.717) is 22.4 Å². The molecule has 6 heteroatoms. The van der Waals surface area contributed by atoms with Crippen LogP contribution in [0.5, 0.6) is 0 Å². The molecule has 0 saturated carbocycles. The zero-order valence-electron chi connectivity index (χ0n) is 11.9. The third kappa shape index (κ3) is 2.43. The van der Waals surface area contributed by atoms with Crippen LogP contribution in [0, 0.1) is 5.82 Å². The molecule has 0 atom stereocenters. The minimum absolute atomic E-state index is 0.1000. The van der Waals surface area contributed by atoms with Crippen LogP contribution in [0.2, 0.25) is 0 Å². The van der Waals surface area contributed by atoms with Crippen molar-refractivity contribution in [3.8, 4) is 5.69 Å². The van der Waals surface area contributed by atoms with E-state index in [0.717, 1.165) is 6.42 Å². The summed E-state index contributed by atoms with van der Waals surface area (Å²) in [5.41, 5.74) is 0.428. The third-order valence-corrected chi connectivity index (χ3v) is 4.03. The van der Waals surface area contributed by atoms with Crippen LogP contribution in [0.3, 0.4) is 0 Å². The molecule has 0 fully saturated rings. The van der Waals surface area contributed by atoms with Gasteiger partial charge in [-0.05, 0) is 46.6 Å². The molecule has 2 aromatic heterocycles. The first-order valence-corrected chi connectivity index (χ1v) is 7.72. The number of nitrogens with zero attached hydrogens (tertiary/aromatic N) is 3. The van der Waals surface area contributed by atoms with Gasteiger partial charge in [-0.15, -0.1) is 0 Å². The van der Waals surface area contributed by atoms with Gasteiger partial charge in [0.2, 0.25) is 0 Å². The average molecular weight is 362 g/mol. The highest BCUT2D eigenvalue weighted by molar-refractivity contribution is 9.10. The van der Waals surface area contributed by atoms with Crippen LogP contribution < -0.4 is 5.56 Å². The minimum Gasteiger partial charge on any atom is -0.268 e. The monoisotopic (exact) mass is 361 g/mol. The Bertz CT molecular complexity index is 893. The van der Waals surface area contributed by atoms with E-state index >= 15 is 0 Å². The molecule has 0 spiro atoms. The summed E-state index contributed by atoms with van der Waals surface area (Å²) in [7, 11) is 0. The molecule has 22 heavy (non-hydrogen) atoms. The van der Waals surface area contributed by atoms with Crippen LogP contribution in [0.4, 0.5) is 4.39 Å². The van der Waals surface area contributed by atoms with Gasteiger partial charge in [0.25, 0.3) is 5.56 Å². The van der Waals surface area contributed by atoms with Crippen molar-refractivity contribution in [3.63, 3.8) is 0 Å². The Balaban J connectivity index is 2.45. The highest BCUT2D eigenvalue weighted by Gasteiger charge is 2.17. The molecular formula is C16H13BrFN3O. The molecule has 1 aromatic carbocycles.